The van der Waals surface area contributed by atoms with Crippen LogP contribution in [0.4, 0.5) is 5.69 Å². The molecule has 0 atom stereocenters. The van der Waals surface area contributed by atoms with Crippen molar-refractivity contribution in [3.8, 4) is 11.3 Å². The molecule has 1 saturated heterocycles. The van der Waals surface area contributed by atoms with Gasteiger partial charge in [0.25, 0.3) is 5.91 Å². The Hall–Kier alpha value is -3.16. The lowest BCUT2D eigenvalue weighted by atomic mass is 10.0. The van der Waals surface area contributed by atoms with E-state index < -0.39 is 5.97 Å². The van der Waals surface area contributed by atoms with Gasteiger partial charge in [0.05, 0.1) is 16.2 Å². The zero-order valence-electron chi connectivity index (χ0n) is 15.3. The van der Waals surface area contributed by atoms with Crippen LogP contribution < -0.4 is 4.90 Å². The summed E-state index contributed by atoms with van der Waals surface area (Å²) in [5, 5.41) is 9.10. The lowest BCUT2D eigenvalue weighted by Crippen LogP contribution is -2.27. The Labute approximate surface area is 176 Å². The van der Waals surface area contributed by atoms with E-state index in [9.17, 15) is 9.59 Å². The molecule has 2 heterocycles. The van der Waals surface area contributed by atoms with Crippen molar-refractivity contribution >= 4 is 51.9 Å². The first-order valence-corrected chi connectivity index (χ1v) is 9.93. The van der Waals surface area contributed by atoms with Gasteiger partial charge in [-0.15, -0.1) is 0 Å². The molecule has 1 aromatic heterocycles. The van der Waals surface area contributed by atoms with Gasteiger partial charge < -0.3 is 9.52 Å². The molecule has 144 valence electrons. The van der Waals surface area contributed by atoms with Crippen LogP contribution in [-0.4, -0.2) is 21.3 Å². The lowest BCUT2D eigenvalue weighted by Gasteiger charge is -2.13. The number of aryl methyl sites for hydroxylation is 1. The monoisotopic (exact) mass is 421 g/mol. The molecule has 5 nitrogen and oxygen atoms in total. The molecule has 3 aromatic rings. The van der Waals surface area contributed by atoms with Gasteiger partial charge >= 0.3 is 5.97 Å². The van der Waals surface area contributed by atoms with Crippen molar-refractivity contribution in [1.29, 1.82) is 0 Å². The number of carboxylic acid groups (broad SMARTS) is 1. The minimum atomic E-state index is -0.972. The number of aromatic carboxylic acids is 1. The summed E-state index contributed by atoms with van der Waals surface area (Å²) in [6.07, 6.45) is 1.67. The van der Waals surface area contributed by atoms with Gasteiger partial charge in [0, 0.05) is 11.6 Å². The van der Waals surface area contributed by atoms with E-state index in [2.05, 4.69) is 0 Å². The number of amides is 1. The Kier molecular flexibility index (Phi) is 5.08. The number of thioether (sulfide) groups is 1. The number of para-hydroxylation sites is 1. The van der Waals surface area contributed by atoms with E-state index in [0.29, 0.717) is 20.7 Å². The summed E-state index contributed by atoms with van der Waals surface area (Å²) in [5.74, 6) is -0.0362. The largest absolute Gasteiger partial charge is 0.478 e. The van der Waals surface area contributed by atoms with Crippen molar-refractivity contribution in [2.45, 2.75) is 6.92 Å². The summed E-state index contributed by atoms with van der Waals surface area (Å²) in [4.78, 5) is 25.9. The topological polar surface area (TPSA) is 70.8 Å². The molecular formula is C22H15NO4S2. The predicted molar refractivity (Wildman–Crippen MR) is 118 cm³/mol. The highest BCUT2D eigenvalue weighted by atomic mass is 32.2. The van der Waals surface area contributed by atoms with E-state index >= 15 is 0 Å². The quantitative estimate of drug-likeness (QED) is 0.452. The van der Waals surface area contributed by atoms with Gasteiger partial charge in [-0.1, -0.05) is 48.2 Å². The average molecular weight is 421 g/mol. The third kappa shape index (κ3) is 3.74. The number of benzene rings is 2. The van der Waals surface area contributed by atoms with Gasteiger partial charge in [-0.25, -0.2) is 4.79 Å². The highest BCUT2D eigenvalue weighted by Gasteiger charge is 2.33. The molecule has 4 rings (SSSR count). The van der Waals surface area contributed by atoms with Gasteiger partial charge in [-0.05, 0) is 48.9 Å². The number of furan rings is 1. The highest BCUT2D eigenvalue weighted by molar-refractivity contribution is 8.27. The van der Waals surface area contributed by atoms with Crippen LogP contribution in [0.15, 0.2) is 70.0 Å². The number of carbonyl (C=O) groups excluding carboxylic acids is 1. The SMILES string of the molecule is Cc1cc(C(=O)O)ccc1-c1ccc(/C=C2/SC(=S)N(c3ccccc3)C2=O)o1. The summed E-state index contributed by atoms with van der Waals surface area (Å²) < 4.78 is 6.36. The van der Waals surface area contributed by atoms with Crippen LogP contribution in [0.2, 0.25) is 0 Å². The molecule has 1 amide bonds. The second-order valence-electron chi connectivity index (χ2n) is 6.39. The maximum Gasteiger partial charge on any atom is 0.335 e. The van der Waals surface area contributed by atoms with E-state index in [1.54, 1.807) is 30.3 Å². The van der Waals surface area contributed by atoms with Crippen molar-refractivity contribution in [3.63, 3.8) is 0 Å². The van der Waals surface area contributed by atoms with Crippen LogP contribution in [0, 0.1) is 6.92 Å². The average Bonchev–Trinajstić information content (AvgIpc) is 3.27. The first-order chi connectivity index (χ1) is 13.9. The van der Waals surface area contributed by atoms with Crippen molar-refractivity contribution in [1.82, 2.24) is 0 Å². The predicted octanol–water partition coefficient (Wildman–Crippen LogP) is 5.36. The van der Waals surface area contributed by atoms with Gasteiger partial charge in [-0.3, -0.25) is 9.69 Å². The van der Waals surface area contributed by atoms with Crippen molar-refractivity contribution in [3.05, 3.63) is 82.5 Å². The standard InChI is InChI=1S/C22H15NO4S2/c1-13-11-14(21(25)26)7-9-17(13)18-10-8-16(27-18)12-19-20(24)23(22(28)29-19)15-5-3-2-4-6-15/h2-12H,1H3,(H,25,26)/b19-12+. The molecular weight excluding hydrogens is 406 g/mol. The normalized spacial score (nSPS) is 15.3. The van der Waals surface area contributed by atoms with E-state index in [1.807, 2.05) is 37.3 Å². The molecule has 2 aromatic carbocycles. The molecule has 7 heteroatoms. The fourth-order valence-electron chi connectivity index (χ4n) is 3.04. The van der Waals surface area contributed by atoms with E-state index in [-0.39, 0.29) is 11.5 Å². The molecule has 1 N–H and O–H groups in total. The van der Waals surface area contributed by atoms with Gasteiger partial charge in [0.1, 0.15) is 11.5 Å². The molecule has 0 unspecified atom stereocenters. The van der Waals surface area contributed by atoms with Crippen molar-refractivity contribution in [2.24, 2.45) is 0 Å². The Balaban J connectivity index is 1.61. The highest BCUT2D eigenvalue weighted by Crippen LogP contribution is 2.36. The number of rotatable bonds is 4. The van der Waals surface area contributed by atoms with Crippen LogP contribution in [0.1, 0.15) is 21.7 Å². The zero-order valence-corrected chi connectivity index (χ0v) is 16.9. The fourth-order valence-corrected chi connectivity index (χ4v) is 4.32. The first kappa shape index (κ1) is 19.2. The van der Waals surface area contributed by atoms with Crippen LogP contribution >= 0.6 is 24.0 Å². The fraction of sp³-hybridized carbons (Fsp3) is 0.0455. The molecule has 1 aliphatic rings. The van der Waals surface area contributed by atoms with Crippen LogP contribution in [-0.2, 0) is 4.79 Å². The van der Waals surface area contributed by atoms with Crippen LogP contribution in [0.25, 0.3) is 17.4 Å². The Morgan fingerprint density at radius 3 is 2.59 bits per heavy atom. The molecule has 29 heavy (non-hydrogen) atoms. The second kappa shape index (κ2) is 7.69. The van der Waals surface area contributed by atoms with E-state index in [0.717, 1.165) is 16.8 Å². The summed E-state index contributed by atoms with van der Waals surface area (Å²) in [7, 11) is 0. The molecule has 0 saturated carbocycles. The van der Waals surface area contributed by atoms with Gasteiger partial charge in [-0.2, -0.15) is 0 Å². The number of anilines is 1. The zero-order chi connectivity index (χ0) is 20.5. The molecule has 0 bridgehead atoms. The third-order valence-electron chi connectivity index (χ3n) is 4.45. The number of carboxylic acids is 1. The summed E-state index contributed by atoms with van der Waals surface area (Å²) in [5.41, 5.74) is 2.54. The molecule has 0 radical (unpaired) electrons. The maximum atomic E-state index is 12.8. The number of hydrogen-bond acceptors (Lipinski definition) is 5. The van der Waals surface area contributed by atoms with Gasteiger partial charge in [0.2, 0.25) is 0 Å². The van der Waals surface area contributed by atoms with Crippen LogP contribution in [0.3, 0.4) is 0 Å². The number of hydrogen-bond donors (Lipinski definition) is 1. The Morgan fingerprint density at radius 2 is 1.90 bits per heavy atom. The third-order valence-corrected chi connectivity index (χ3v) is 5.75. The Morgan fingerprint density at radius 1 is 1.14 bits per heavy atom. The second-order valence-corrected chi connectivity index (χ2v) is 8.07. The first-order valence-electron chi connectivity index (χ1n) is 8.71. The van der Waals surface area contributed by atoms with Crippen molar-refractivity contribution < 1.29 is 19.1 Å². The minimum absolute atomic E-state index is 0.189. The van der Waals surface area contributed by atoms with Crippen molar-refractivity contribution in [2.75, 3.05) is 4.90 Å². The summed E-state index contributed by atoms with van der Waals surface area (Å²) in [6.45, 7) is 1.83. The molecule has 1 aliphatic heterocycles. The molecule has 0 spiro atoms. The summed E-state index contributed by atoms with van der Waals surface area (Å²) in [6, 6.07) is 17.7. The van der Waals surface area contributed by atoms with E-state index in [1.165, 1.54) is 22.7 Å². The Bertz CT molecular complexity index is 1160. The number of nitrogens with zero attached hydrogens (tertiary/aromatic N) is 1. The lowest BCUT2D eigenvalue weighted by molar-refractivity contribution is -0.113. The van der Waals surface area contributed by atoms with E-state index in [4.69, 9.17) is 21.7 Å². The number of carbonyl (C=O) groups is 2. The van der Waals surface area contributed by atoms with Crippen LogP contribution in [0.5, 0.6) is 0 Å². The smallest absolute Gasteiger partial charge is 0.335 e. The number of thiocarbonyl (C=S) groups is 1. The summed E-state index contributed by atoms with van der Waals surface area (Å²) >= 11 is 6.60. The molecule has 0 aliphatic carbocycles. The maximum absolute atomic E-state index is 12.8. The minimum Gasteiger partial charge on any atom is -0.478 e. The molecule has 1 fully saturated rings. The van der Waals surface area contributed by atoms with Gasteiger partial charge in [0.15, 0.2) is 4.32 Å².